The fourth-order valence-corrected chi connectivity index (χ4v) is 2.14. The molecular formula is C12H21N. The van der Waals surface area contributed by atoms with Gasteiger partial charge < -0.3 is 4.90 Å². The summed E-state index contributed by atoms with van der Waals surface area (Å²) in [5.74, 6) is 0. The highest BCUT2D eigenvalue weighted by Gasteiger charge is 2.17. The lowest BCUT2D eigenvalue weighted by Crippen LogP contribution is -2.34. The number of rotatable bonds is 3. The summed E-state index contributed by atoms with van der Waals surface area (Å²) < 4.78 is 0. The van der Waals surface area contributed by atoms with Crippen molar-refractivity contribution < 1.29 is 0 Å². The molecule has 1 aliphatic heterocycles. The number of nitrogens with zero attached hydrogens (tertiary/aromatic N) is 1. The molecule has 1 rings (SSSR count). The predicted octanol–water partition coefficient (Wildman–Crippen LogP) is 3.34. The Balaban J connectivity index is 2.76. The van der Waals surface area contributed by atoms with E-state index in [1.54, 1.807) is 0 Å². The quantitative estimate of drug-likeness (QED) is 0.642. The van der Waals surface area contributed by atoms with E-state index in [1.165, 1.54) is 30.5 Å². The first-order valence-corrected chi connectivity index (χ1v) is 5.31. The van der Waals surface area contributed by atoms with Crippen LogP contribution in [0.4, 0.5) is 0 Å². The lowest BCUT2D eigenvalue weighted by molar-refractivity contribution is 0.294. The molecule has 0 amide bonds. The maximum atomic E-state index is 2.48. The monoisotopic (exact) mass is 179 g/mol. The SMILES string of the molecule is CCCN1C=C(C)C=C(C)C1CC. The van der Waals surface area contributed by atoms with Crippen molar-refractivity contribution in [3.05, 3.63) is 23.4 Å². The maximum absolute atomic E-state index is 2.48. The van der Waals surface area contributed by atoms with Crippen LogP contribution in [0.3, 0.4) is 0 Å². The Morgan fingerprint density at radius 1 is 1.31 bits per heavy atom. The summed E-state index contributed by atoms with van der Waals surface area (Å²) in [6.07, 6.45) is 7.05. The molecule has 0 spiro atoms. The van der Waals surface area contributed by atoms with Crippen LogP contribution in [0.2, 0.25) is 0 Å². The van der Waals surface area contributed by atoms with Crippen molar-refractivity contribution in [2.45, 2.75) is 46.6 Å². The van der Waals surface area contributed by atoms with Gasteiger partial charge in [-0.05, 0) is 32.3 Å². The van der Waals surface area contributed by atoms with Gasteiger partial charge in [-0.15, -0.1) is 0 Å². The molecule has 74 valence electrons. The van der Waals surface area contributed by atoms with Gasteiger partial charge in [-0.2, -0.15) is 0 Å². The molecule has 13 heavy (non-hydrogen) atoms. The Kier molecular flexibility index (Phi) is 3.58. The van der Waals surface area contributed by atoms with E-state index in [0.29, 0.717) is 6.04 Å². The van der Waals surface area contributed by atoms with Gasteiger partial charge >= 0.3 is 0 Å². The summed E-state index contributed by atoms with van der Waals surface area (Å²) in [4.78, 5) is 2.48. The molecule has 0 saturated carbocycles. The Bertz CT molecular complexity index is 225. The van der Waals surface area contributed by atoms with Crippen molar-refractivity contribution >= 4 is 0 Å². The predicted molar refractivity (Wildman–Crippen MR) is 58.6 cm³/mol. The highest BCUT2D eigenvalue weighted by Crippen LogP contribution is 2.22. The van der Waals surface area contributed by atoms with E-state index >= 15 is 0 Å². The van der Waals surface area contributed by atoms with Crippen molar-refractivity contribution in [3.63, 3.8) is 0 Å². The van der Waals surface area contributed by atoms with Crippen molar-refractivity contribution in [1.29, 1.82) is 0 Å². The number of hydrogen-bond donors (Lipinski definition) is 0. The fraction of sp³-hybridized carbons (Fsp3) is 0.667. The van der Waals surface area contributed by atoms with Crippen molar-refractivity contribution in [1.82, 2.24) is 4.90 Å². The largest absolute Gasteiger partial charge is 0.370 e. The first-order chi connectivity index (χ1) is 6.19. The molecule has 0 radical (unpaired) electrons. The standard InChI is InChI=1S/C12H21N/c1-5-7-13-9-10(3)8-11(4)12(13)6-2/h8-9,12H,5-7H2,1-4H3. The first-order valence-electron chi connectivity index (χ1n) is 5.31. The zero-order chi connectivity index (χ0) is 9.84. The minimum Gasteiger partial charge on any atom is -0.370 e. The topological polar surface area (TPSA) is 3.24 Å². The zero-order valence-electron chi connectivity index (χ0n) is 9.30. The van der Waals surface area contributed by atoms with Gasteiger partial charge in [0.05, 0.1) is 0 Å². The van der Waals surface area contributed by atoms with Crippen LogP contribution < -0.4 is 0 Å². The lowest BCUT2D eigenvalue weighted by atomic mass is 9.99. The van der Waals surface area contributed by atoms with Gasteiger partial charge in [0.1, 0.15) is 0 Å². The third-order valence-electron chi connectivity index (χ3n) is 2.62. The maximum Gasteiger partial charge on any atom is 0.0494 e. The van der Waals surface area contributed by atoms with Crippen LogP contribution >= 0.6 is 0 Å². The van der Waals surface area contributed by atoms with Crippen LogP contribution in [0, 0.1) is 0 Å². The first kappa shape index (κ1) is 10.4. The van der Waals surface area contributed by atoms with Gasteiger partial charge in [0.15, 0.2) is 0 Å². The van der Waals surface area contributed by atoms with E-state index < -0.39 is 0 Å². The summed E-state index contributed by atoms with van der Waals surface area (Å²) in [6, 6.07) is 0.642. The molecule has 0 aliphatic carbocycles. The molecule has 1 atom stereocenters. The van der Waals surface area contributed by atoms with Crippen LogP contribution in [-0.4, -0.2) is 17.5 Å². The second-order valence-corrected chi connectivity index (χ2v) is 3.92. The lowest BCUT2D eigenvalue weighted by Gasteiger charge is -2.34. The Morgan fingerprint density at radius 2 is 2.00 bits per heavy atom. The van der Waals surface area contributed by atoms with Crippen LogP contribution in [0.5, 0.6) is 0 Å². The van der Waals surface area contributed by atoms with E-state index in [-0.39, 0.29) is 0 Å². The highest BCUT2D eigenvalue weighted by molar-refractivity contribution is 5.28. The molecule has 1 aliphatic rings. The average Bonchev–Trinajstić information content (AvgIpc) is 2.04. The third-order valence-corrected chi connectivity index (χ3v) is 2.62. The minimum atomic E-state index is 0.642. The van der Waals surface area contributed by atoms with E-state index in [0.717, 1.165) is 0 Å². The summed E-state index contributed by atoms with van der Waals surface area (Å²) in [5, 5.41) is 0. The van der Waals surface area contributed by atoms with Crippen LogP contribution in [0.1, 0.15) is 40.5 Å². The number of allylic oxidation sites excluding steroid dienone is 2. The normalized spacial score (nSPS) is 22.8. The third kappa shape index (κ3) is 2.36. The van der Waals surface area contributed by atoms with E-state index in [1.807, 2.05) is 0 Å². The molecule has 1 heteroatoms. The number of hydrogen-bond acceptors (Lipinski definition) is 1. The molecule has 1 nitrogen and oxygen atoms in total. The summed E-state index contributed by atoms with van der Waals surface area (Å²) in [7, 11) is 0. The van der Waals surface area contributed by atoms with Crippen molar-refractivity contribution in [2.75, 3.05) is 6.54 Å². The van der Waals surface area contributed by atoms with Gasteiger partial charge in [-0.1, -0.05) is 25.5 Å². The Labute approximate surface area is 82.1 Å². The molecule has 1 heterocycles. The average molecular weight is 179 g/mol. The van der Waals surface area contributed by atoms with Crippen LogP contribution in [0.15, 0.2) is 23.4 Å². The van der Waals surface area contributed by atoms with Gasteiger partial charge in [-0.3, -0.25) is 0 Å². The molecule has 1 unspecified atom stereocenters. The van der Waals surface area contributed by atoms with Gasteiger partial charge in [0.2, 0.25) is 0 Å². The van der Waals surface area contributed by atoms with Crippen LogP contribution in [0.25, 0.3) is 0 Å². The van der Waals surface area contributed by atoms with Gasteiger partial charge in [0.25, 0.3) is 0 Å². The van der Waals surface area contributed by atoms with E-state index in [2.05, 4.69) is 44.9 Å². The van der Waals surface area contributed by atoms with Gasteiger partial charge in [-0.25, -0.2) is 0 Å². The van der Waals surface area contributed by atoms with Crippen molar-refractivity contribution in [2.24, 2.45) is 0 Å². The second-order valence-electron chi connectivity index (χ2n) is 3.92. The second kappa shape index (κ2) is 4.50. The van der Waals surface area contributed by atoms with E-state index in [9.17, 15) is 0 Å². The molecule has 0 aromatic heterocycles. The Hall–Kier alpha value is -0.720. The fourth-order valence-electron chi connectivity index (χ4n) is 2.14. The summed E-state index contributed by atoms with van der Waals surface area (Å²) >= 11 is 0. The molecule has 0 N–H and O–H groups in total. The van der Waals surface area contributed by atoms with Gasteiger partial charge in [0, 0.05) is 18.8 Å². The summed E-state index contributed by atoms with van der Waals surface area (Å²) in [5.41, 5.74) is 2.90. The minimum absolute atomic E-state index is 0.642. The summed E-state index contributed by atoms with van der Waals surface area (Å²) in [6.45, 7) is 10.1. The molecular weight excluding hydrogens is 158 g/mol. The Morgan fingerprint density at radius 3 is 2.54 bits per heavy atom. The molecule has 0 bridgehead atoms. The highest BCUT2D eigenvalue weighted by atomic mass is 15.1. The van der Waals surface area contributed by atoms with E-state index in [4.69, 9.17) is 0 Å². The molecule has 0 aromatic rings. The molecule has 0 aromatic carbocycles. The zero-order valence-corrected chi connectivity index (χ0v) is 9.30. The van der Waals surface area contributed by atoms with Crippen molar-refractivity contribution in [3.8, 4) is 0 Å². The molecule has 0 saturated heterocycles. The molecule has 0 fully saturated rings. The smallest absolute Gasteiger partial charge is 0.0494 e. The van der Waals surface area contributed by atoms with Crippen LogP contribution in [-0.2, 0) is 0 Å².